The van der Waals surface area contributed by atoms with Crippen molar-refractivity contribution in [3.05, 3.63) is 0 Å². The fourth-order valence-corrected chi connectivity index (χ4v) is 2.09. The zero-order valence-electron chi connectivity index (χ0n) is 10.4. The van der Waals surface area contributed by atoms with E-state index in [-0.39, 0.29) is 24.9 Å². The predicted molar refractivity (Wildman–Crippen MR) is 65.3 cm³/mol. The molecule has 1 aliphatic heterocycles. The molecule has 17 heavy (non-hydrogen) atoms. The van der Waals surface area contributed by atoms with Gasteiger partial charge in [0.1, 0.15) is 0 Å². The Morgan fingerprint density at radius 3 is 2.76 bits per heavy atom. The largest absolute Gasteiger partial charge is 0.353 e. The minimum atomic E-state index is -0.309. The van der Waals surface area contributed by atoms with Crippen LogP contribution in [0.15, 0.2) is 0 Å². The molecule has 0 saturated carbocycles. The molecular formula is C11H22N4O2. The third kappa shape index (κ3) is 4.70. The zero-order chi connectivity index (χ0) is 12.7. The highest BCUT2D eigenvalue weighted by Crippen LogP contribution is 2.15. The van der Waals surface area contributed by atoms with E-state index in [9.17, 15) is 9.59 Å². The fraction of sp³-hybridized carbons (Fsp3) is 0.818. The molecule has 1 unspecified atom stereocenters. The van der Waals surface area contributed by atoms with Crippen molar-refractivity contribution < 1.29 is 9.59 Å². The number of carbonyl (C=O) groups is 2. The van der Waals surface area contributed by atoms with Gasteiger partial charge in [0.15, 0.2) is 0 Å². The molecule has 6 nitrogen and oxygen atoms in total. The zero-order valence-corrected chi connectivity index (χ0v) is 10.4. The van der Waals surface area contributed by atoms with Gasteiger partial charge in [-0.3, -0.25) is 14.5 Å². The van der Waals surface area contributed by atoms with Gasteiger partial charge < -0.3 is 16.4 Å². The molecule has 0 radical (unpaired) electrons. The number of likely N-dealkylation sites (tertiary alicyclic amines) is 1. The molecule has 0 bridgehead atoms. The first kappa shape index (κ1) is 13.9. The third-order valence-corrected chi connectivity index (χ3v) is 3.07. The van der Waals surface area contributed by atoms with Crippen molar-refractivity contribution in [3.8, 4) is 0 Å². The molecule has 0 aromatic heterocycles. The molecule has 0 aromatic carbocycles. The van der Waals surface area contributed by atoms with E-state index in [4.69, 9.17) is 5.73 Å². The van der Waals surface area contributed by atoms with Gasteiger partial charge in [0.05, 0.1) is 13.1 Å². The van der Waals surface area contributed by atoms with Crippen LogP contribution >= 0.6 is 0 Å². The normalized spacial score (nSPS) is 20.2. The molecule has 1 aliphatic rings. The molecular weight excluding hydrogens is 220 g/mol. The lowest BCUT2D eigenvalue weighted by Crippen LogP contribution is -2.44. The highest BCUT2D eigenvalue weighted by molar-refractivity contribution is 5.85. The first-order chi connectivity index (χ1) is 8.17. The number of carbonyl (C=O) groups excluding carboxylic acids is 2. The van der Waals surface area contributed by atoms with Crippen LogP contribution in [0.1, 0.15) is 19.8 Å². The van der Waals surface area contributed by atoms with Gasteiger partial charge in [-0.05, 0) is 25.9 Å². The molecule has 1 atom stereocenters. The van der Waals surface area contributed by atoms with Crippen molar-refractivity contribution in [1.82, 2.24) is 15.5 Å². The van der Waals surface area contributed by atoms with E-state index >= 15 is 0 Å². The molecule has 6 heteroatoms. The average molecular weight is 242 g/mol. The number of nitrogens with zero attached hydrogens (tertiary/aromatic N) is 1. The van der Waals surface area contributed by atoms with Gasteiger partial charge in [0.2, 0.25) is 11.8 Å². The van der Waals surface area contributed by atoms with E-state index in [2.05, 4.69) is 22.5 Å². The lowest BCUT2D eigenvalue weighted by Gasteiger charge is -2.22. The van der Waals surface area contributed by atoms with Crippen molar-refractivity contribution in [2.24, 2.45) is 5.73 Å². The van der Waals surface area contributed by atoms with E-state index in [0.29, 0.717) is 12.6 Å². The number of hydrogen-bond acceptors (Lipinski definition) is 4. The molecule has 1 rings (SSSR count). The van der Waals surface area contributed by atoms with Crippen LogP contribution in [0.3, 0.4) is 0 Å². The topological polar surface area (TPSA) is 87.5 Å². The molecule has 1 saturated heterocycles. The Morgan fingerprint density at radius 2 is 2.12 bits per heavy atom. The van der Waals surface area contributed by atoms with E-state index in [0.717, 1.165) is 19.5 Å². The standard InChI is InChI=1S/C11H22N4O2/c1-2-15-5-3-4-9(15)7-13-11(17)8-14-10(16)6-12/h9H,2-8,12H2,1H3,(H,13,17)(H,14,16). The second kappa shape index (κ2) is 7.24. The first-order valence-electron chi connectivity index (χ1n) is 6.14. The Kier molecular flexibility index (Phi) is 5.93. The average Bonchev–Trinajstić information content (AvgIpc) is 2.80. The summed E-state index contributed by atoms with van der Waals surface area (Å²) in [5.74, 6) is -0.467. The number of nitrogens with two attached hydrogens (primary N) is 1. The maximum absolute atomic E-state index is 11.4. The fourth-order valence-electron chi connectivity index (χ4n) is 2.09. The summed E-state index contributed by atoms with van der Waals surface area (Å²) in [7, 11) is 0. The predicted octanol–water partition coefficient (Wildman–Crippen LogP) is -1.34. The summed E-state index contributed by atoms with van der Waals surface area (Å²) in [5, 5.41) is 5.28. The molecule has 0 aliphatic carbocycles. The Bertz CT molecular complexity index is 270. The van der Waals surface area contributed by atoms with Gasteiger partial charge in [-0.2, -0.15) is 0 Å². The quantitative estimate of drug-likeness (QED) is 0.538. The molecule has 1 fully saturated rings. The first-order valence-corrected chi connectivity index (χ1v) is 6.14. The van der Waals surface area contributed by atoms with Crippen LogP contribution in [0.4, 0.5) is 0 Å². The van der Waals surface area contributed by atoms with Crippen molar-refractivity contribution in [2.45, 2.75) is 25.8 Å². The van der Waals surface area contributed by atoms with Crippen molar-refractivity contribution in [3.63, 3.8) is 0 Å². The van der Waals surface area contributed by atoms with Gasteiger partial charge in [-0.15, -0.1) is 0 Å². The number of rotatable bonds is 6. The van der Waals surface area contributed by atoms with Crippen molar-refractivity contribution >= 4 is 11.8 Å². The van der Waals surface area contributed by atoms with Crippen LogP contribution in [0, 0.1) is 0 Å². The van der Waals surface area contributed by atoms with Gasteiger partial charge in [0.25, 0.3) is 0 Å². The minimum Gasteiger partial charge on any atom is -0.353 e. The minimum absolute atomic E-state index is 0.00881. The molecule has 0 aromatic rings. The Labute approximate surface area is 102 Å². The van der Waals surface area contributed by atoms with Crippen molar-refractivity contribution in [2.75, 3.05) is 32.7 Å². The molecule has 2 amide bonds. The van der Waals surface area contributed by atoms with Gasteiger partial charge in [-0.25, -0.2) is 0 Å². The van der Waals surface area contributed by atoms with E-state index in [1.54, 1.807) is 0 Å². The molecule has 98 valence electrons. The van der Waals surface area contributed by atoms with Gasteiger partial charge in [0, 0.05) is 12.6 Å². The maximum atomic E-state index is 11.4. The maximum Gasteiger partial charge on any atom is 0.239 e. The highest BCUT2D eigenvalue weighted by Gasteiger charge is 2.22. The Balaban J connectivity index is 2.17. The van der Waals surface area contributed by atoms with Crippen LogP contribution in [0.25, 0.3) is 0 Å². The lowest BCUT2D eigenvalue weighted by molar-refractivity contribution is -0.125. The summed E-state index contributed by atoms with van der Waals surface area (Å²) in [6.07, 6.45) is 2.32. The summed E-state index contributed by atoms with van der Waals surface area (Å²) < 4.78 is 0. The second-order valence-corrected chi connectivity index (χ2v) is 4.21. The second-order valence-electron chi connectivity index (χ2n) is 4.21. The van der Waals surface area contributed by atoms with Gasteiger partial charge in [-0.1, -0.05) is 6.92 Å². The molecule has 1 heterocycles. The number of amides is 2. The van der Waals surface area contributed by atoms with Gasteiger partial charge >= 0.3 is 0 Å². The SMILES string of the molecule is CCN1CCCC1CNC(=O)CNC(=O)CN. The summed E-state index contributed by atoms with van der Waals surface area (Å²) in [5.41, 5.74) is 5.12. The summed E-state index contributed by atoms with van der Waals surface area (Å²) in [6, 6.07) is 0.439. The molecule has 0 spiro atoms. The van der Waals surface area contributed by atoms with Crippen LogP contribution in [-0.4, -0.2) is 55.5 Å². The van der Waals surface area contributed by atoms with Crippen molar-refractivity contribution in [1.29, 1.82) is 0 Å². The smallest absolute Gasteiger partial charge is 0.239 e. The lowest BCUT2D eigenvalue weighted by atomic mass is 10.2. The summed E-state index contributed by atoms with van der Waals surface area (Å²) in [6.45, 7) is 4.84. The Morgan fingerprint density at radius 1 is 1.35 bits per heavy atom. The van der Waals surface area contributed by atoms with E-state index in [1.807, 2.05) is 0 Å². The number of hydrogen-bond donors (Lipinski definition) is 3. The molecule has 4 N–H and O–H groups in total. The van der Waals surface area contributed by atoms with Crippen LogP contribution in [-0.2, 0) is 9.59 Å². The van der Waals surface area contributed by atoms with E-state index < -0.39 is 0 Å². The number of likely N-dealkylation sites (N-methyl/N-ethyl adjacent to an activating group) is 1. The van der Waals surface area contributed by atoms with Crippen LogP contribution in [0.5, 0.6) is 0 Å². The summed E-state index contributed by atoms with van der Waals surface area (Å²) in [4.78, 5) is 24.6. The monoisotopic (exact) mass is 242 g/mol. The van der Waals surface area contributed by atoms with Crippen LogP contribution in [0.2, 0.25) is 0 Å². The summed E-state index contributed by atoms with van der Waals surface area (Å²) >= 11 is 0. The Hall–Kier alpha value is -1.14. The van der Waals surface area contributed by atoms with E-state index in [1.165, 1.54) is 6.42 Å². The highest BCUT2D eigenvalue weighted by atomic mass is 16.2. The van der Waals surface area contributed by atoms with Crippen LogP contribution < -0.4 is 16.4 Å². The number of nitrogens with one attached hydrogen (secondary N) is 2. The third-order valence-electron chi connectivity index (χ3n) is 3.07.